The molecule has 0 amide bonds. The number of halogens is 2. The second-order valence-corrected chi connectivity index (χ2v) is 5.11. The van der Waals surface area contributed by atoms with Gasteiger partial charge < -0.3 is 5.73 Å². The van der Waals surface area contributed by atoms with E-state index in [4.69, 9.17) is 17.3 Å². The summed E-state index contributed by atoms with van der Waals surface area (Å²) >= 11 is 5.85. The highest BCUT2D eigenvalue weighted by Crippen LogP contribution is 2.36. The highest BCUT2D eigenvalue weighted by molar-refractivity contribution is 6.30. The Morgan fingerprint density at radius 1 is 1.53 bits per heavy atom. The largest absolute Gasteiger partial charge is 0.330 e. The third-order valence-corrected chi connectivity index (χ3v) is 3.90. The van der Waals surface area contributed by atoms with E-state index in [9.17, 15) is 4.39 Å². The first kappa shape index (κ1) is 12.8. The van der Waals surface area contributed by atoms with Crippen LogP contribution in [0.4, 0.5) is 4.39 Å². The number of nitrogens with zero attached hydrogens (tertiary/aromatic N) is 1. The maximum atomic E-state index is 14.1. The van der Waals surface area contributed by atoms with Crippen LogP contribution in [0.1, 0.15) is 24.4 Å². The molecule has 4 heteroatoms. The van der Waals surface area contributed by atoms with E-state index in [1.54, 1.807) is 12.1 Å². The maximum Gasteiger partial charge on any atom is 0.146 e. The van der Waals surface area contributed by atoms with Crippen LogP contribution in [0.5, 0.6) is 0 Å². The number of hydrogen-bond acceptors (Lipinski definition) is 2. The molecular formula is C13H18ClFN2. The molecule has 0 saturated carbocycles. The Bertz CT molecular complexity index is 397. The number of nitrogens with two attached hydrogens (primary N) is 1. The fourth-order valence-corrected chi connectivity index (χ4v) is 2.93. The van der Waals surface area contributed by atoms with Gasteiger partial charge in [0.05, 0.1) is 5.02 Å². The van der Waals surface area contributed by atoms with E-state index >= 15 is 0 Å². The van der Waals surface area contributed by atoms with Crippen LogP contribution in [0.15, 0.2) is 18.2 Å². The van der Waals surface area contributed by atoms with Crippen LogP contribution in [-0.2, 0) is 0 Å². The van der Waals surface area contributed by atoms with E-state index in [0.717, 1.165) is 19.4 Å². The van der Waals surface area contributed by atoms with Crippen LogP contribution in [-0.4, -0.2) is 25.0 Å². The minimum Gasteiger partial charge on any atom is -0.330 e. The van der Waals surface area contributed by atoms with Crippen molar-refractivity contribution in [2.45, 2.75) is 18.9 Å². The van der Waals surface area contributed by atoms with Crippen LogP contribution in [0.25, 0.3) is 0 Å². The predicted molar refractivity (Wildman–Crippen MR) is 68.6 cm³/mol. The van der Waals surface area contributed by atoms with Crippen molar-refractivity contribution in [2.24, 2.45) is 11.7 Å². The molecule has 1 aromatic rings. The lowest BCUT2D eigenvalue weighted by molar-refractivity contribution is 0.122. The Balaban J connectivity index is 2.38. The van der Waals surface area contributed by atoms with Crippen molar-refractivity contribution in [1.29, 1.82) is 0 Å². The third kappa shape index (κ3) is 2.46. The third-order valence-electron chi connectivity index (χ3n) is 3.61. The second kappa shape index (κ2) is 5.34. The zero-order valence-electron chi connectivity index (χ0n) is 10.00. The van der Waals surface area contributed by atoms with Gasteiger partial charge in [-0.3, -0.25) is 4.90 Å². The molecule has 2 nitrogen and oxygen atoms in total. The summed E-state index contributed by atoms with van der Waals surface area (Å²) in [6, 6.07) is 5.25. The molecule has 1 saturated heterocycles. The van der Waals surface area contributed by atoms with Crippen LogP contribution >= 0.6 is 11.6 Å². The van der Waals surface area contributed by atoms with E-state index in [-0.39, 0.29) is 16.9 Å². The SMILES string of the molecule is CN1CCCC(CN)C1c1cccc(Cl)c1F. The van der Waals surface area contributed by atoms with E-state index in [0.29, 0.717) is 18.0 Å². The fourth-order valence-electron chi connectivity index (χ4n) is 2.75. The molecule has 1 aliphatic heterocycles. The number of rotatable bonds is 2. The summed E-state index contributed by atoms with van der Waals surface area (Å²) in [6.45, 7) is 1.56. The Morgan fingerprint density at radius 2 is 2.29 bits per heavy atom. The standard InChI is InChI=1S/C13H18ClFN2/c1-17-7-3-4-9(8-16)13(17)10-5-2-6-11(14)12(10)15/h2,5-6,9,13H,3-4,7-8,16H2,1H3. The van der Waals surface area contributed by atoms with Gasteiger partial charge in [-0.25, -0.2) is 4.39 Å². The number of piperidine rings is 1. The molecule has 2 atom stereocenters. The molecule has 2 N–H and O–H groups in total. The lowest BCUT2D eigenvalue weighted by atomic mass is 9.85. The summed E-state index contributed by atoms with van der Waals surface area (Å²) in [5, 5.41) is 0.192. The van der Waals surface area contributed by atoms with Crippen LogP contribution in [0, 0.1) is 11.7 Å². The summed E-state index contributed by atoms with van der Waals surface area (Å²) in [4.78, 5) is 2.18. The van der Waals surface area contributed by atoms with Gasteiger partial charge in [0.2, 0.25) is 0 Å². The van der Waals surface area contributed by atoms with Crippen LogP contribution in [0.2, 0.25) is 5.02 Å². The summed E-state index contributed by atoms with van der Waals surface area (Å²) in [5.74, 6) is 0.00748. The van der Waals surface area contributed by atoms with Crippen molar-refractivity contribution in [2.75, 3.05) is 20.1 Å². The Morgan fingerprint density at radius 3 is 3.00 bits per heavy atom. The molecule has 0 aliphatic carbocycles. The first-order valence-electron chi connectivity index (χ1n) is 5.99. The van der Waals surface area contributed by atoms with Crippen molar-refractivity contribution >= 4 is 11.6 Å². The lowest BCUT2D eigenvalue weighted by Gasteiger charge is -2.39. The zero-order valence-corrected chi connectivity index (χ0v) is 10.8. The fraction of sp³-hybridized carbons (Fsp3) is 0.538. The lowest BCUT2D eigenvalue weighted by Crippen LogP contribution is -2.39. The molecular weight excluding hydrogens is 239 g/mol. The normalized spacial score (nSPS) is 26.1. The molecule has 1 fully saturated rings. The minimum absolute atomic E-state index is 0.0486. The summed E-state index contributed by atoms with van der Waals surface area (Å²) in [6.07, 6.45) is 2.18. The maximum absolute atomic E-state index is 14.1. The number of likely N-dealkylation sites (tertiary alicyclic amines) is 1. The topological polar surface area (TPSA) is 29.3 Å². The molecule has 0 spiro atoms. The van der Waals surface area contributed by atoms with Crippen molar-refractivity contribution in [3.8, 4) is 0 Å². The molecule has 0 bridgehead atoms. The van der Waals surface area contributed by atoms with Gasteiger partial charge in [0.25, 0.3) is 0 Å². The monoisotopic (exact) mass is 256 g/mol. The van der Waals surface area contributed by atoms with Crippen molar-refractivity contribution in [3.63, 3.8) is 0 Å². The molecule has 2 unspecified atom stereocenters. The Hall–Kier alpha value is -0.640. The molecule has 2 rings (SSSR count). The smallest absolute Gasteiger partial charge is 0.146 e. The molecule has 94 valence electrons. The van der Waals surface area contributed by atoms with Gasteiger partial charge in [-0.2, -0.15) is 0 Å². The predicted octanol–water partition coefficient (Wildman–Crippen LogP) is 2.82. The average Bonchev–Trinajstić information content (AvgIpc) is 2.33. The molecule has 0 radical (unpaired) electrons. The van der Waals surface area contributed by atoms with Gasteiger partial charge >= 0.3 is 0 Å². The van der Waals surface area contributed by atoms with Crippen LogP contribution in [0.3, 0.4) is 0 Å². The molecule has 1 heterocycles. The molecule has 1 aliphatic rings. The molecule has 0 aromatic heterocycles. The van der Waals surface area contributed by atoms with Crippen molar-refractivity contribution < 1.29 is 4.39 Å². The van der Waals surface area contributed by atoms with Crippen LogP contribution < -0.4 is 5.73 Å². The van der Waals surface area contributed by atoms with Crippen molar-refractivity contribution in [3.05, 3.63) is 34.6 Å². The van der Waals surface area contributed by atoms with E-state index < -0.39 is 0 Å². The first-order valence-corrected chi connectivity index (χ1v) is 6.37. The summed E-state index contributed by atoms with van der Waals surface area (Å²) < 4.78 is 14.1. The van der Waals surface area contributed by atoms with Gasteiger partial charge in [0.15, 0.2) is 0 Å². The first-order chi connectivity index (χ1) is 8.15. The quantitative estimate of drug-likeness (QED) is 0.882. The van der Waals surface area contributed by atoms with Gasteiger partial charge in [-0.1, -0.05) is 23.7 Å². The summed E-state index contributed by atoms with van der Waals surface area (Å²) in [5.41, 5.74) is 6.48. The highest BCUT2D eigenvalue weighted by atomic mass is 35.5. The highest BCUT2D eigenvalue weighted by Gasteiger charge is 2.31. The van der Waals surface area contributed by atoms with E-state index in [1.807, 2.05) is 13.1 Å². The minimum atomic E-state index is -0.300. The average molecular weight is 257 g/mol. The second-order valence-electron chi connectivity index (χ2n) is 4.71. The van der Waals surface area contributed by atoms with Gasteiger partial charge in [0, 0.05) is 11.6 Å². The van der Waals surface area contributed by atoms with Gasteiger partial charge in [-0.15, -0.1) is 0 Å². The zero-order chi connectivity index (χ0) is 12.4. The van der Waals surface area contributed by atoms with E-state index in [1.165, 1.54) is 0 Å². The molecule has 1 aromatic carbocycles. The van der Waals surface area contributed by atoms with Gasteiger partial charge in [0.1, 0.15) is 5.82 Å². The molecule has 17 heavy (non-hydrogen) atoms. The van der Waals surface area contributed by atoms with Crippen molar-refractivity contribution in [1.82, 2.24) is 4.90 Å². The number of hydrogen-bond donors (Lipinski definition) is 1. The van der Waals surface area contributed by atoms with Gasteiger partial charge in [-0.05, 0) is 45.0 Å². The Kier molecular flexibility index (Phi) is 4.02. The Labute approximate surface area is 107 Å². The summed E-state index contributed by atoms with van der Waals surface area (Å²) in [7, 11) is 2.02. The number of benzene rings is 1. The van der Waals surface area contributed by atoms with E-state index in [2.05, 4.69) is 4.90 Å².